The number of rotatable bonds is 5. The van der Waals surface area contributed by atoms with Crippen molar-refractivity contribution in [1.82, 2.24) is 5.32 Å². The summed E-state index contributed by atoms with van der Waals surface area (Å²) in [7, 11) is 0. The minimum absolute atomic E-state index is 0.171. The van der Waals surface area contributed by atoms with Crippen molar-refractivity contribution >= 4 is 17.0 Å². The number of thiophene rings is 1. The Morgan fingerprint density at radius 1 is 1.37 bits per heavy atom. The van der Waals surface area contributed by atoms with Gasteiger partial charge in [0.2, 0.25) is 0 Å². The van der Waals surface area contributed by atoms with Crippen molar-refractivity contribution in [1.29, 1.82) is 0 Å². The lowest BCUT2D eigenvalue weighted by Gasteiger charge is -2.13. The second-order valence-electron chi connectivity index (χ2n) is 4.46. The van der Waals surface area contributed by atoms with E-state index in [9.17, 15) is 10.1 Å². The zero-order valence-electron chi connectivity index (χ0n) is 10.9. The first-order valence-corrected chi connectivity index (χ1v) is 6.97. The van der Waals surface area contributed by atoms with Crippen LogP contribution < -0.4 is 5.32 Å². The molecule has 1 unspecified atom stereocenters. The first kappa shape index (κ1) is 13.7. The number of nitro groups is 1. The van der Waals surface area contributed by atoms with Crippen LogP contribution in [-0.2, 0) is 6.54 Å². The van der Waals surface area contributed by atoms with Crippen LogP contribution >= 0.6 is 11.3 Å². The Morgan fingerprint density at radius 2 is 2.11 bits per heavy atom. The van der Waals surface area contributed by atoms with Gasteiger partial charge < -0.3 is 5.32 Å². The van der Waals surface area contributed by atoms with Gasteiger partial charge >= 0.3 is 0 Å². The lowest BCUT2D eigenvalue weighted by Crippen LogP contribution is -2.18. The maximum atomic E-state index is 10.9. The summed E-state index contributed by atoms with van der Waals surface area (Å²) in [6.45, 7) is 4.65. The van der Waals surface area contributed by atoms with Gasteiger partial charge in [-0.1, -0.05) is 18.2 Å². The molecular weight excluding hydrogens is 260 g/mol. The highest BCUT2D eigenvalue weighted by molar-refractivity contribution is 7.10. The Morgan fingerprint density at radius 3 is 2.74 bits per heavy atom. The number of benzene rings is 1. The van der Waals surface area contributed by atoms with E-state index < -0.39 is 0 Å². The summed E-state index contributed by atoms with van der Waals surface area (Å²) < 4.78 is 0. The SMILES string of the molecule is Cc1ccsc1C(C)NCc1ccccc1[N+](=O)[O-]. The Hall–Kier alpha value is -1.72. The van der Waals surface area contributed by atoms with Crippen LogP contribution in [0.1, 0.15) is 29.0 Å². The maximum Gasteiger partial charge on any atom is 0.273 e. The van der Waals surface area contributed by atoms with Crippen LogP contribution in [0.3, 0.4) is 0 Å². The summed E-state index contributed by atoms with van der Waals surface area (Å²) in [6.07, 6.45) is 0. The molecule has 0 bridgehead atoms. The van der Waals surface area contributed by atoms with Gasteiger partial charge in [-0.2, -0.15) is 0 Å². The number of para-hydroxylation sites is 1. The summed E-state index contributed by atoms with van der Waals surface area (Å²) in [5.74, 6) is 0. The van der Waals surface area contributed by atoms with E-state index in [4.69, 9.17) is 0 Å². The molecule has 0 fully saturated rings. The molecule has 4 nitrogen and oxygen atoms in total. The molecule has 0 amide bonds. The van der Waals surface area contributed by atoms with Gasteiger partial charge in [-0.25, -0.2) is 0 Å². The van der Waals surface area contributed by atoms with Crippen LogP contribution in [0.5, 0.6) is 0 Å². The van der Waals surface area contributed by atoms with E-state index in [-0.39, 0.29) is 16.7 Å². The standard InChI is InChI=1S/C14H16N2O2S/c1-10-7-8-19-14(10)11(2)15-9-12-5-3-4-6-13(12)16(17)18/h3-8,11,15H,9H2,1-2H3. The minimum atomic E-state index is -0.335. The monoisotopic (exact) mass is 276 g/mol. The predicted molar refractivity (Wildman–Crippen MR) is 77.4 cm³/mol. The number of nitro benzene ring substituents is 1. The summed E-state index contributed by atoms with van der Waals surface area (Å²) in [5, 5.41) is 16.3. The van der Waals surface area contributed by atoms with E-state index in [2.05, 4.69) is 30.6 Å². The van der Waals surface area contributed by atoms with Crippen LogP contribution in [0.4, 0.5) is 5.69 Å². The fraction of sp³-hybridized carbons (Fsp3) is 0.286. The summed E-state index contributed by atoms with van der Waals surface area (Å²) in [6, 6.07) is 9.12. The van der Waals surface area contributed by atoms with Gasteiger partial charge in [-0.3, -0.25) is 10.1 Å². The maximum absolute atomic E-state index is 10.9. The second-order valence-corrected chi connectivity index (χ2v) is 5.40. The van der Waals surface area contributed by atoms with E-state index in [0.29, 0.717) is 12.1 Å². The lowest BCUT2D eigenvalue weighted by atomic mass is 10.1. The molecule has 0 radical (unpaired) electrons. The van der Waals surface area contributed by atoms with E-state index in [1.807, 2.05) is 6.07 Å². The molecule has 0 saturated heterocycles. The van der Waals surface area contributed by atoms with Crippen LogP contribution in [0, 0.1) is 17.0 Å². The number of nitrogens with zero attached hydrogens (tertiary/aromatic N) is 1. The lowest BCUT2D eigenvalue weighted by molar-refractivity contribution is -0.385. The molecule has 2 aromatic rings. The van der Waals surface area contributed by atoms with Crippen LogP contribution in [-0.4, -0.2) is 4.92 Å². The van der Waals surface area contributed by atoms with Gasteiger partial charge in [0.1, 0.15) is 0 Å². The fourth-order valence-corrected chi connectivity index (χ4v) is 2.98. The topological polar surface area (TPSA) is 55.2 Å². The molecular formula is C14H16N2O2S. The molecule has 19 heavy (non-hydrogen) atoms. The molecule has 0 aliphatic heterocycles. The van der Waals surface area contributed by atoms with Crippen molar-refractivity contribution in [2.75, 3.05) is 0 Å². The number of hydrogen-bond acceptors (Lipinski definition) is 4. The third kappa shape index (κ3) is 3.19. The molecule has 100 valence electrons. The highest BCUT2D eigenvalue weighted by atomic mass is 32.1. The smallest absolute Gasteiger partial charge is 0.273 e. The zero-order chi connectivity index (χ0) is 13.8. The van der Waals surface area contributed by atoms with Crippen LogP contribution in [0.15, 0.2) is 35.7 Å². The third-order valence-corrected chi connectivity index (χ3v) is 4.28. The third-order valence-electron chi connectivity index (χ3n) is 3.08. The quantitative estimate of drug-likeness (QED) is 0.667. The van der Waals surface area contributed by atoms with E-state index >= 15 is 0 Å². The molecule has 1 N–H and O–H groups in total. The summed E-state index contributed by atoms with van der Waals surface area (Å²) >= 11 is 1.71. The van der Waals surface area contributed by atoms with Gasteiger partial charge in [-0.15, -0.1) is 11.3 Å². The number of aryl methyl sites for hydroxylation is 1. The fourth-order valence-electron chi connectivity index (χ4n) is 2.02. The first-order chi connectivity index (χ1) is 9.09. The Kier molecular flexibility index (Phi) is 4.29. The average Bonchev–Trinajstić information content (AvgIpc) is 2.82. The molecule has 1 heterocycles. The first-order valence-electron chi connectivity index (χ1n) is 6.09. The second kappa shape index (κ2) is 5.95. The van der Waals surface area contributed by atoms with Gasteiger partial charge in [-0.05, 0) is 30.9 Å². The van der Waals surface area contributed by atoms with Crippen molar-refractivity contribution in [3.8, 4) is 0 Å². The van der Waals surface area contributed by atoms with Crippen LogP contribution in [0.2, 0.25) is 0 Å². The van der Waals surface area contributed by atoms with Gasteiger partial charge in [0.15, 0.2) is 0 Å². The Balaban J connectivity index is 2.07. The van der Waals surface area contributed by atoms with Crippen molar-refractivity contribution in [3.05, 3.63) is 61.8 Å². The summed E-state index contributed by atoms with van der Waals surface area (Å²) in [5.41, 5.74) is 2.14. The minimum Gasteiger partial charge on any atom is -0.305 e. The van der Waals surface area contributed by atoms with Gasteiger partial charge in [0, 0.05) is 29.1 Å². The van der Waals surface area contributed by atoms with E-state index in [0.717, 1.165) is 0 Å². The number of nitrogens with one attached hydrogen (secondary N) is 1. The normalized spacial score (nSPS) is 12.3. The van der Waals surface area contributed by atoms with Crippen LogP contribution in [0.25, 0.3) is 0 Å². The molecule has 0 saturated carbocycles. The average molecular weight is 276 g/mol. The Labute approximate surface area is 116 Å². The largest absolute Gasteiger partial charge is 0.305 e. The van der Waals surface area contributed by atoms with Crippen molar-refractivity contribution in [3.63, 3.8) is 0 Å². The highest BCUT2D eigenvalue weighted by Gasteiger charge is 2.14. The van der Waals surface area contributed by atoms with E-state index in [1.54, 1.807) is 23.5 Å². The van der Waals surface area contributed by atoms with Gasteiger partial charge in [0.05, 0.1) is 4.92 Å². The van der Waals surface area contributed by atoms with Gasteiger partial charge in [0.25, 0.3) is 5.69 Å². The summed E-state index contributed by atoms with van der Waals surface area (Å²) in [4.78, 5) is 11.9. The molecule has 0 spiro atoms. The highest BCUT2D eigenvalue weighted by Crippen LogP contribution is 2.24. The molecule has 1 aromatic heterocycles. The van der Waals surface area contributed by atoms with Crippen molar-refractivity contribution in [2.45, 2.75) is 26.4 Å². The van der Waals surface area contributed by atoms with Crippen molar-refractivity contribution in [2.24, 2.45) is 0 Å². The predicted octanol–water partition coefficient (Wildman–Crippen LogP) is 3.82. The molecule has 2 rings (SSSR count). The van der Waals surface area contributed by atoms with Crippen molar-refractivity contribution < 1.29 is 4.92 Å². The zero-order valence-corrected chi connectivity index (χ0v) is 11.7. The molecule has 0 aliphatic rings. The Bertz CT molecular complexity index is 580. The molecule has 0 aliphatic carbocycles. The molecule has 1 atom stereocenters. The van der Waals surface area contributed by atoms with E-state index in [1.165, 1.54) is 16.5 Å². The molecule has 1 aromatic carbocycles. The molecule has 5 heteroatoms. The number of hydrogen-bond donors (Lipinski definition) is 1.